The Morgan fingerprint density at radius 2 is 1.68 bits per heavy atom. The van der Waals surface area contributed by atoms with Crippen molar-refractivity contribution in [1.82, 2.24) is 36.5 Å². The number of rotatable bonds is 23. The van der Waals surface area contributed by atoms with Crippen molar-refractivity contribution in [3.05, 3.63) is 36.0 Å². The Morgan fingerprint density at radius 3 is 2.34 bits per heavy atom. The number of para-hydroxylation sites is 1. The standard InChI is InChI=1S/C40H66N10O6/c1-7-43-18-10-11-19-44-29(16-12-20-45-39(41)42)37(54)50-21-13-17-32(50)35(52)47-30(23-26-24-46-28-15-9-8-14-27(26)28)34(51)49-33(40(4,5)6)36(53)48-31(38(55)56)22-25(2)3/h8-9,14-15,24-25,29-33,43-44,46H,7,10-13,16-23H2,1-6H3,(H,47,52)(H,48,53)(H,49,51)(H,55,56)(H4,41,42,45)/t29-,30-,31-,32-,33+/m0/s1. The van der Waals surface area contributed by atoms with E-state index in [-0.39, 0.29) is 30.6 Å². The number of benzene rings is 1. The molecule has 3 rings (SSSR count). The molecule has 5 atom stereocenters. The number of amides is 4. The zero-order valence-electron chi connectivity index (χ0n) is 34.1. The first-order valence-electron chi connectivity index (χ1n) is 20.0. The summed E-state index contributed by atoms with van der Waals surface area (Å²) in [4.78, 5) is 77.2. The zero-order chi connectivity index (χ0) is 41.4. The van der Waals surface area contributed by atoms with Gasteiger partial charge in [-0.05, 0) is 87.5 Å². The summed E-state index contributed by atoms with van der Waals surface area (Å²) in [7, 11) is 0. The summed E-state index contributed by atoms with van der Waals surface area (Å²) in [6.45, 7) is 14.2. The number of H-pyrrole nitrogens is 1. The van der Waals surface area contributed by atoms with Gasteiger partial charge in [-0.3, -0.25) is 24.2 Å². The maximum Gasteiger partial charge on any atom is 0.326 e. The fourth-order valence-electron chi connectivity index (χ4n) is 7.01. The minimum Gasteiger partial charge on any atom is -0.480 e. The van der Waals surface area contributed by atoms with Crippen LogP contribution in [0.25, 0.3) is 10.9 Å². The second-order valence-corrected chi connectivity index (χ2v) is 16.2. The number of nitrogens with zero attached hydrogens (tertiary/aromatic N) is 2. The molecule has 16 nitrogen and oxygen atoms in total. The van der Waals surface area contributed by atoms with Crippen molar-refractivity contribution in [3.8, 4) is 0 Å². The Hall–Kier alpha value is -4.70. The predicted molar refractivity (Wildman–Crippen MR) is 219 cm³/mol. The molecule has 11 N–H and O–H groups in total. The molecule has 0 saturated carbocycles. The van der Waals surface area contributed by atoms with Crippen LogP contribution in [0.1, 0.15) is 92.1 Å². The Labute approximate surface area is 331 Å². The molecule has 312 valence electrons. The number of aromatic nitrogens is 1. The molecule has 0 bridgehead atoms. The average Bonchev–Trinajstić information content (AvgIpc) is 3.79. The van der Waals surface area contributed by atoms with Gasteiger partial charge in [0.15, 0.2) is 5.96 Å². The molecule has 1 aliphatic heterocycles. The number of aliphatic imine (C=N–C) groups is 1. The maximum atomic E-state index is 14.3. The number of likely N-dealkylation sites (tertiary alicyclic amines) is 1. The summed E-state index contributed by atoms with van der Waals surface area (Å²) in [6.07, 6.45) is 5.96. The van der Waals surface area contributed by atoms with Gasteiger partial charge in [0, 0.05) is 36.6 Å². The number of guanidine groups is 1. The van der Waals surface area contributed by atoms with Gasteiger partial charge in [0.2, 0.25) is 23.6 Å². The van der Waals surface area contributed by atoms with Crippen LogP contribution in [0, 0.1) is 11.3 Å². The van der Waals surface area contributed by atoms with Crippen LogP contribution in [0.15, 0.2) is 35.5 Å². The first kappa shape index (κ1) is 45.7. The predicted octanol–water partition coefficient (Wildman–Crippen LogP) is 1.73. The minimum absolute atomic E-state index is 0.000677. The molecule has 1 aromatic heterocycles. The highest BCUT2D eigenvalue weighted by Gasteiger charge is 2.40. The largest absolute Gasteiger partial charge is 0.480 e. The summed E-state index contributed by atoms with van der Waals surface area (Å²) in [6, 6.07) is 2.84. The number of hydrogen-bond acceptors (Lipinski definition) is 8. The number of aliphatic carboxylic acids is 1. The first-order chi connectivity index (χ1) is 26.5. The Morgan fingerprint density at radius 1 is 0.964 bits per heavy atom. The van der Waals surface area contributed by atoms with E-state index in [0.717, 1.165) is 42.4 Å². The lowest BCUT2D eigenvalue weighted by Crippen LogP contribution is -2.61. The third kappa shape index (κ3) is 14.1. The Balaban J connectivity index is 1.86. The van der Waals surface area contributed by atoms with E-state index in [4.69, 9.17) is 11.5 Å². The SMILES string of the molecule is CCNCCCCN[C@@H](CCCN=C(N)N)C(=O)N1CCC[C@H]1C(=O)N[C@@H](Cc1c[nH]c2ccccc12)C(=O)N[C@H](C(=O)N[C@@H](CC(C)C)C(=O)O)C(C)(C)C. The third-order valence-electron chi connectivity index (χ3n) is 9.97. The van der Waals surface area contributed by atoms with E-state index in [1.165, 1.54) is 0 Å². The summed E-state index contributed by atoms with van der Waals surface area (Å²) < 4.78 is 0. The lowest BCUT2D eigenvalue weighted by Gasteiger charge is -2.33. The van der Waals surface area contributed by atoms with Gasteiger partial charge in [0.1, 0.15) is 24.2 Å². The van der Waals surface area contributed by atoms with Gasteiger partial charge in [-0.15, -0.1) is 0 Å². The van der Waals surface area contributed by atoms with Gasteiger partial charge in [0.05, 0.1) is 6.04 Å². The molecule has 16 heteroatoms. The number of hydrogen-bond donors (Lipinski definition) is 9. The number of carbonyl (C=O) groups excluding carboxylic acids is 4. The molecule has 4 amide bonds. The molecule has 1 fully saturated rings. The fraction of sp³-hybridized carbons (Fsp3) is 0.650. The number of fused-ring (bicyclic) bond motifs is 1. The Kier molecular flexibility index (Phi) is 18.1. The van der Waals surface area contributed by atoms with Crippen molar-refractivity contribution in [2.45, 2.75) is 123 Å². The van der Waals surface area contributed by atoms with Gasteiger partial charge in [-0.25, -0.2) is 4.79 Å². The van der Waals surface area contributed by atoms with Gasteiger partial charge >= 0.3 is 5.97 Å². The number of aromatic amines is 1. The topological polar surface area (TPSA) is 249 Å². The highest BCUT2D eigenvalue weighted by Crippen LogP contribution is 2.24. The summed E-state index contributed by atoms with van der Waals surface area (Å²) in [5.41, 5.74) is 11.8. The van der Waals surface area contributed by atoms with Crippen LogP contribution in [0.3, 0.4) is 0 Å². The number of carboxylic acid groups (broad SMARTS) is 1. The summed E-state index contributed by atoms with van der Waals surface area (Å²) >= 11 is 0. The number of carbonyl (C=O) groups is 5. The molecule has 2 aromatic rings. The number of nitrogens with one attached hydrogen (secondary N) is 6. The fourth-order valence-corrected chi connectivity index (χ4v) is 7.01. The smallest absolute Gasteiger partial charge is 0.326 e. The Bertz CT molecular complexity index is 1630. The molecule has 0 spiro atoms. The first-order valence-corrected chi connectivity index (χ1v) is 20.0. The number of carboxylic acids is 1. The second-order valence-electron chi connectivity index (χ2n) is 16.2. The molecule has 1 aliphatic rings. The van der Waals surface area contributed by atoms with Crippen LogP contribution in [0.2, 0.25) is 0 Å². The highest BCUT2D eigenvalue weighted by atomic mass is 16.4. The van der Waals surface area contributed by atoms with Crippen LogP contribution < -0.4 is 38.1 Å². The van der Waals surface area contributed by atoms with E-state index in [9.17, 15) is 29.1 Å². The van der Waals surface area contributed by atoms with E-state index >= 15 is 0 Å². The molecule has 0 radical (unpaired) electrons. The molecule has 1 saturated heterocycles. The van der Waals surface area contributed by atoms with Crippen LogP contribution in [0.5, 0.6) is 0 Å². The quantitative estimate of drug-likeness (QED) is 0.0449. The van der Waals surface area contributed by atoms with E-state index in [1.54, 1.807) is 31.9 Å². The molecular weight excluding hydrogens is 717 g/mol. The van der Waals surface area contributed by atoms with Crippen LogP contribution in [-0.2, 0) is 30.4 Å². The minimum atomic E-state index is -1.17. The van der Waals surface area contributed by atoms with Crippen LogP contribution in [-0.4, -0.2) is 113 Å². The maximum absolute atomic E-state index is 14.3. The molecular formula is C40H66N10O6. The van der Waals surface area contributed by atoms with Crippen molar-refractivity contribution in [1.29, 1.82) is 0 Å². The monoisotopic (exact) mass is 783 g/mol. The molecule has 0 unspecified atom stereocenters. The average molecular weight is 783 g/mol. The molecule has 56 heavy (non-hydrogen) atoms. The lowest BCUT2D eigenvalue weighted by molar-refractivity contribution is -0.143. The van der Waals surface area contributed by atoms with Crippen molar-refractivity contribution in [2.24, 2.45) is 27.8 Å². The number of unbranched alkanes of at least 4 members (excludes halogenated alkanes) is 1. The van der Waals surface area contributed by atoms with Crippen molar-refractivity contribution in [3.63, 3.8) is 0 Å². The molecule has 2 heterocycles. The normalized spacial score (nSPS) is 16.6. The number of nitrogens with two attached hydrogens (primary N) is 2. The lowest BCUT2D eigenvalue weighted by atomic mass is 9.85. The van der Waals surface area contributed by atoms with Crippen molar-refractivity contribution < 1.29 is 29.1 Å². The third-order valence-corrected chi connectivity index (χ3v) is 9.97. The van der Waals surface area contributed by atoms with E-state index < -0.39 is 59.3 Å². The summed E-state index contributed by atoms with van der Waals surface area (Å²) in [5, 5.41) is 25.8. The van der Waals surface area contributed by atoms with Gasteiger partial charge in [-0.2, -0.15) is 0 Å². The van der Waals surface area contributed by atoms with E-state index in [0.29, 0.717) is 45.3 Å². The van der Waals surface area contributed by atoms with E-state index in [2.05, 4.69) is 43.5 Å². The van der Waals surface area contributed by atoms with Gasteiger partial charge in [0.25, 0.3) is 0 Å². The summed E-state index contributed by atoms with van der Waals surface area (Å²) in [5.74, 6) is -3.10. The van der Waals surface area contributed by atoms with Gasteiger partial charge in [-0.1, -0.05) is 59.7 Å². The highest BCUT2D eigenvalue weighted by molar-refractivity contribution is 5.96. The van der Waals surface area contributed by atoms with Crippen LogP contribution >= 0.6 is 0 Å². The second kappa shape index (κ2) is 22.1. The molecule has 0 aliphatic carbocycles. The van der Waals surface area contributed by atoms with Crippen LogP contribution in [0.4, 0.5) is 0 Å². The van der Waals surface area contributed by atoms with Crippen molar-refractivity contribution in [2.75, 3.05) is 32.7 Å². The molecule has 1 aromatic carbocycles. The van der Waals surface area contributed by atoms with Crippen molar-refractivity contribution >= 4 is 46.5 Å². The van der Waals surface area contributed by atoms with Gasteiger partial charge < -0.3 is 53.0 Å². The zero-order valence-corrected chi connectivity index (χ0v) is 34.1. The van der Waals surface area contributed by atoms with E-state index in [1.807, 2.05) is 38.1 Å².